The zero-order valence-corrected chi connectivity index (χ0v) is 14.1. The quantitative estimate of drug-likeness (QED) is 0.693. The molecule has 0 radical (unpaired) electrons. The van der Waals surface area contributed by atoms with Crippen molar-refractivity contribution in [1.29, 1.82) is 0 Å². The molecule has 0 aliphatic rings. The lowest BCUT2D eigenvalue weighted by Crippen LogP contribution is -2.26. The maximum Gasteiger partial charge on any atom is 0.255 e. The molecule has 24 heavy (non-hydrogen) atoms. The van der Waals surface area contributed by atoms with Crippen LogP contribution in [0.2, 0.25) is 5.02 Å². The van der Waals surface area contributed by atoms with Crippen LogP contribution in [0.25, 0.3) is 11.1 Å². The number of hydrogen-bond donors (Lipinski definition) is 0. The highest BCUT2D eigenvalue weighted by atomic mass is 35.5. The number of benzene rings is 2. The number of aromatic nitrogens is 1. The summed E-state index contributed by atoms with van der Waals surface area (Å²) in [4.78, 5) is 18.6. The highest BCUT2D eigenvalue weighted by Crippen LogP contribution is 2.27. The molecule has 0 N–H and O–H groups in total. The molecule has 0 spiro atoms. The first-order valence-corrected chi connectivity index (χ1v) is 8.02. The third-order valence-corrected chi connectivity index (χ3v) is 4.11. The third kappa shape index (κ3) is 3.63. The summed E-state index contributed by atoms with van der Waals surface area (Å²) in [5, 5.41) is 0.640. The number of amides is 1. The Balaban J connectivity index is 1.83. The summed E-state index contributed by atoms with van der Waals surface area (Å²) in [6.07, 6.45) is 3.30. The largest absolute Gasteiger partial charge is 0.337 e. The smallest absolute Gasteiger partial charge is 0.255 e. The molecule has 3 aromatic rings. The fourth-order valence-electron chi connectivity index (χ4n) is 2.55. The van der Waals surface area contributed by atoms with Crippen LogP contribution in [-0.4, -0.2) is 22.8 Å². The minimum Gasteiger partial charge on any atom is -0.337 e. The maximum atomic E-state index is 12.7. The van der Waals surface area contributed by atoms with E-state index in [1.54, 1.807) is 24.3 Å². The molecule has 1 heterocycles. The van der Waals surface area contributed by atoms with Crippen molar-refractivity contribution < 1.29 is 4.79 Å². The predicted octanol–water partition coefficient (Wildman–Crippen LogP) is 4.67. The summed E-state index contributed by atoms with van der Waals surface area (Å²) >= 11 is 6.24. The highest BCUT2D eigenvalue weighted by molar-refractivity contribution is 6.33. The molecule has 3 rings (SSSR count). The molecule has 3 nitrogen and oxygen atoms in total. The van der Waals surface area contributed by atoms with E-state index in [1.807, 2.05) is 60.7 Å². The predicted molar refractivity (Wildman–Crippen MR) is 96.9 cm³/mol. The number of carbonyl (C=O) groups excluding carboxylic acids is 1. The van der Waals surface area contributed by atoms with E-state index in [4.69, 9.17) is 11.6 Å². The molecule has 1 aromatic heterocycles. The maximum absolute atomic E-state index is 12.7. The Morgan fingerprint density at radius 2 is 1.75 bits per heavy atom. The fraction of sp³-hybridized carbons (Fsp3) is 0.100. The van der Waals surface area contributed by atoms with Crippen LogP contribution in [0.1, 0.15) is 15.9 Å². The number of rotatable bonds is 4. The van der Waals surface area contributed by atoms with Crippen LogP contribution >= 0.6 is 11.6 Å². The second-order valence-electron chi connectivity index (χ2n) is 5.59. The van der Waals surface area contributed by atoms with Gasteiger partial charge in [0.2, 0.25) is 0 Å². The van der Waals surface area contributed by atoms with Gasteiger partial charge in [-0.2, -0.15) is 0 Å². The molecule has 0 aliphatic carbocycles. The molecular weight excluding hydrogens is 320 g/mol. The fourth-order valence-corrected chi connectivity index (χ4v) is 2.79. The molecule has 2 aromatic carbocycles. The molecule has 0 saturated heterocycles. The van der Waals surface area contributed by atoms with Crippen molar-refractivity contribution in [2.45, 2.75) is 6.54 Å². The van der Waals surface area contributed by atoms with Crippen LogP contribution in [0.3, 0.4) is 0 Å². The van der Waals surface area contributed by atoms with E-state index in [0.717, 1.165) is 16.7 Å². The van der Waals surface area contributed by atoms with Gasteiger partial charge in [0.15, 0.2) is 0 Å². The molecule has 120 valence electrons. The number of pyridine rings is 1. The van der Waals surface area contributed by atoms with E-state index >= 15 is 0 Å². The molecule has 0 bridgehead atoms. The lowest BCUT2D eigenvalue weighted by molar-refractivity contribution is 0.0784. The van der Waals surface area contributed by atoms with Gasteiger partial charge in [-0.25, -0.2) is 0 Å². The van der Waals surface area contributed by atoms with E-state index in [1.165, 1.54) is 0 Å². The third-order valence-electron chi connectivity index (χ3n) is 3.78. The van der Waals surface area contributed by atoms with Crippen LogP contribution in [-0.2, 0) is 6.54 Å². The van der Waals surface area contributed by atoms with Gasteiger partial charge in [0.1, 0.15) is 0 Å². The van der Waals surface area contributed by atoms with Gasteiger partial charge in [-0.05, 0) is 17.7 Å². The van der Waals surface area contributed by atoms with Crippen LogP contribution in [0.4, 0.5) is 0 Å². The van der Waals surface area contributed by atoms with Gasteiger partial charge in [0.05, 0.1) is 5.56 Å². The summed E-state index contributed by atoms with van der Waals surface area (Å²) in [5.41, 5.74) is 3.33. The second-order valence-corrected chi connectivity index (χ2v) is 6.00. The monoisotopic (exact) mass is 336 g/mol. The molecule has 0 aliphatic heterocycles. The van der Waals surface area contributed by atoms with Gasteiger partial charge < -0.3 is 4.90 Å². The number of hydrogen-bond acceptors (Lipinski definition) is 2. The van der Waals surface area contributed by atoms with Crippen molar-refractivity contribution in [3.63, 3.8) is 0 Å². The van der Waals surface area contributed by atoms with Crippen LogP contribution < -0.4 is 0 Å². The topological polar surface area (TPSA) is 33.2 Å². The van der Waals surface area contributed by atoms with Crippen molar-refractivity contribution in [3.8, 4) is 11.1 Å². The summed E-state index contributed by atoms with van der Waals surface area (Å²) < 4.78 is 0. The van der Waals surface area contributed by atoms with Gasteiger partial charge in [-0.1, -0.05) is 60.1 Å². The normalized spacial score (nSPS) is 10.4. The van der Waals surface area contributed by atoms with E-state index in [9.17, 15) is 4.79 Å². The first-order chi connectivity index (χ1) is 11.6. The minimum atomic E-state index is -0.0692. The number of nitrogens with zero attached hydrogens (tertiary/aromatic N) is 2. The van der Waals surface area contributed by atoms with Gasteiger partial charge in [-0.15, -0.1) is 0 Å². The number of carbonyl (C=O) groups is 1. The van der Waals surface area contributed by atoms with Gasteiger partial charge in [-0.3, -0.25) is 9.78 Å². The Labute approximate surface area is 146 Å². The van der Waals surface area contributed by atoms with E-state index in [2.05, 4.69) is 4.98 Å². The Bertz CT molecular complexity index is 849. The van der Waals surface area contributed by atoms with E-state index < -0.39 is 0 Å². The number of halogens is 1. The second kappa shape index (κ2) is 7.28. The molecule has 0 saturated carbocycles. The van der Waals surface area contributed by atoms with Crippen LogP contribution in [0, 0.1) is 0 Å². The standard InChI is InChI=1S/C20H17ClN2O/c1-23(14-15-7-3-2-4-8-15)20(24)17-11-16(12-22-13-17)18-9-5-6-10-19(18)21/h2-13H,14H2,1H3. The van der Waals surface area contributed by atoms with Crippen molar-refractivity contribution in [3.05, 3.63) is 89.2 Å². The Morgan fingerprint density at radius 1 is 1.04 bits per heavy atom. The lowest BCUT2D eigenvalue weighted by atomic mass is 10.1. The van der Waals surface area contributed by atoms with E-state index in [-0.39, 0.29) is 5.91 Å². The highest BCUT2D eigenvalue weighted by Gasteiger charge is 2.14. The van der Waals surface area contributed by atoms with Gasteiger partial charge in [0, 0.05) is 42.1 Å². The Kier molecular flexibility index (Phi) is 4.92. The molecular formula is C20H17ClN2O. The summed E-state index contributed by atoms with van der Waals surface area (Å²) in [6, 6.07) is 19.3. The first kappa shape index (κ1) is 16.2. The molecule has 4 heteroatoms. The van der Waals surface area contributed by atoms with Crippen molar-refractivity contribution in [2.75, 3.05) is 7.05 Å². The summed E-state index contributed by atoms with van der Waals surface area (Å²) in [6.45, 7) is 0.552. The Hall–Kier alpha value is -2.65. The SMILES string of the molecule is CN(Cc1ccccc1)C(=O)c1cncc(-c2ccccc2Cl)c1. The average molecular weight is 337 g/mol. The van der Waals surface area contributed by atoms with Crippen LogP contribution in [0.5, 0.6) is 0 Å². The zero-order valence-electron chi connectivity index (χ0n) is 13.3. The zero-order chi connectivity index (χ0) is 16.9. The first-order valence-electron chi connectivity index (χ1n) is 7.64. The average Bonchev–Trinajstić information content (AvgIpc) is 2.62. The van der Waals surface area contributed by atoms with Crippen molar-refractivity contribution in [1.82, 2.24) is 9.88 Å². The lowest BCUT2D eigenvalue weighted by Gasteiger charge is -2.17. The minimum absolute atomic E-state index is 0.0692. The van der Waals surface area contributed by atoms with Crippen molar-refractivity contribution in [2.24, 2.45) is 0 Å². The Morgan fingerprint density at radius 3 is 2.50 bits per heavy atom. The van der Waals surface area contributed by atoms with Gasteiger partial charge in [0.25, 0.3) is 5.91 Å². The summed E-state index contributed by atoms with van der Waals surface area (Å²) in [7, 11) is 1.79. The molecule has 1 amide bonds. The molecule has 0 fully saturated rings. The molecule has 0 unspecified atom stereocenters. The van der Waals surface area contributed by atoms with E-state index in [0.29, 0.717) is 17.1 Å². The molecule has 0 atom stereocenters. The summed E-state index contributed by atoms with van der Waals surface area (Å²) in [5.74, 6) is -0.0692. The van der Waals surface area contributed by atoms with Crippen LogP contribution in [0.15, 0.2) is 73.1 Å². The van der Waals surface area contributed by atoms with Crippen molar-refractivity contribution >= 4 is 17.5 Å². The van der Waals surface area contributed by atoms with Gasteiger partial charge >= 0.3 is 0 Å².